The van der Waals surface area contributed by atoms with Gasteiger partial charge in [-0.05, 0) is 18.1 Å². The molecular formula is C13H15NO. The van der Waals surface area contributed by atoms with Crippen LogP contribution in [0.5, 0.6) is 0 Å². The molecule has 2 heteroatoms. The van der Waals surface area contributed by atoms with Crippen LogP contribution in [0.15, 0.2) is 41.4 Å². The minimum atomic E-state index is 0.348. The molecule has 15 heavy (non-hydrogen) atoms. The van der Waals surface area contributed by atoms with Crippen LogP contribution in [0.2, 0.25) is 0 Å². The fraction of sp³-hybridized carbons (Fsp3) is 0.308. The van der Waals surface area contributed by atoms with Gasteiger partial charge in [-0.25, -0.2) is 4.99 Å². The molecule has 0 aromatic heterocycles. The van der Waals surface area contributed by atoms with Gasteiger partial charge >= 0.3 is 0 Å². The minimum Gasteiger partial charge on any atom is -0.476 e. The molecule has 1 atom stereocenters. The highest BCUT2D eigenvalue weighted by atomic mass is 16.5. The number of hydrogen-bond donors (Lipinski definition) is 0. The molecule has 1 aliphatic rings. The third kappa shape index (κ3) is 2.69. The lowest BCUT2D eigenvalue weighted by atomic mass is 10.2. The molecule has 2 rings (SSSR count). The van der Waals surface area contributed by atoms with Crippen LogP contribution in [0.25, 0.3) is 6.08 Å². The van der Waals surface area contributed by atoms with Crippen molar-refractivity contribution in [1.82, 2.24) is 0 Å². The Hall–Kier alpha value is -1.57. The average molecular weight is 201 g/mol. The second-order valence-corrected chi connectivity index (χ2v) is 3.58. The Morgan fingerprint density at radius 1 is 1.33 bits per heavy atom. The second kappa shape index (κ2) is 4.78. The largest absolute Gasteiger partial charge is 0.476 e. The first-order valence-corrected chi connectivity index (χ1v) is 5.32. The molecule has 0 spiro atoms. The van der Waals surface area contributed by atoms with E-state index in [-0.39, 0.29) is 0 Å². The molecule has 0 amide bonds. The SMILES string of the molecule is CC[C@@H]1COC(/C=C/c2ccccc2)=N1. The fourth-order valence-corrected chi connectivity index (χ4v) is 1.47. The van der Waals surface area contributed by atoms with Gasteiger partial charge in [-0.3, -0.25) is 0 Å². The van der Waals surface area contributed by atoms with Gasteiger partial charge in [0.05, 0.1) is 6.04 Å². The van der Waals surface area contributed by atoms with Gasteiger partial charge in [0.1, 0.15) is 6.61 Å². The van der Waals surface area contributed by atoms with Crippen LogP contribution in [-0.4, -0.2) is 18.5 Å². The van der Waals surface area contributed by atoms with E-state index in [1.807, 2.05) is 30.4 Å². The molecule has 1 heterocycles. The van der Waals surface area contributed by atoms with Crippen molar-refractivity contribution in [2.24, 2.45) is 4.99 Å². The number of aliphatic imine (C=N–C) groups is 1. The van der Waals surface area contributed by atoms with Gasteiger partial charge < -0.3 is 4.74 Å². The van der Waals surface area contributed by atoms with Crippen LogP contribution in [0.1, 0.15) is 18.9 Å². The van der Waals surface area contributed by atoms with E-state index in [4.69, 9.17) is 4.74 Å². The topological polar surface area (TPSA) is 21.6 Å². The summed E-state index contributed by atoms with van der Waals surface area (Å²) in [5, 5.41) is 0. The van der Waals surface area contributed by atoms with E-state index in [1.54, 1.807) is 0 Å². The van der Waals surface area contributed by atoms with Crippen molar-refractivity contribution in [3.05, 3.63) is 42.0 Å². The van der Waals surface area contributed by atoms with Crippen molar-refractivity contribution in [2.75, 3.05) is 6.61 Å². The van der Waals surface area contributed by atoms with Crippen molar-refractivity contribution in [2.45, 2.75) is 19.4 Å². The van der Waals surface area contributed by atoms with E-state index in [0.29, 0.717) is 6.04 Å². The van der Waals surface area contributed by atoms with E-state index >= 15 is 0 Å². The molecular weight excluding hydrogens is 186 g/mol. The molecule has 0 radical (unpaired) electrons. The lowest BCUT2D eigenvalue weighted by Gasteiger charge is -1.96. The smallest absolute Gasteiger partial charge is 0.209 e. The van der Waals surface area contributed by atoms with Crippen molar-refractivity contribution >= 4 is 12.0 Å². The van der Waals surface area contributed by atoms with Crippen molar-refractivity contribution in [3.8, 4) is 0 Å². The van der Waals surface area contributed by atoms with E-state index < -0.39 is 0 Å². The number of rotatable bonds is 3. The first kappa shape index (κ1) is 9.97. The van der Waals surface area contributed by atoms with Crippen LogP contribution in [0.3, 0.4) is 0 Å². The van der Waals surface area contributed by atoms with Crippen LogP contribution in [-0.2, 0) is 4.74 Å². The van der Waals surface area contributed by atoms with Crippen molar-refractivity contribution in [1.29, 1.82) is 0 Å². The summed E-state index contributed by atoms with van der Waals surface area (Å²) in [5.41, 5.74) is 1.17. The van der Waals surface area contributed by atoms with Gasteiger partial charge in [0.2, 0.25) is 5.90 Å². The first-order valence-electron chi connectivity index (χ1n) is 5.32. The van der Waals surface area contributed by atoms with Crippen molar-refractivity contribution in [3.63, 3.8) is 0 Å². The maximum absolute atomic E-state index is 5.44. The zero-order valence-corrected chi connectivity index (χ0v) is 8.89. The molecule has 0 saturated carbocycles. The molecule has 0 N–H and O–H groups in total. The van der Waals surface area contributed by atoms with Gasteiger partial charge in [0, 0.05) is 6.08 Å². The highest BCUT2D eigenvalue weighted by molar-refractivity contribution is 5.92. The second-order valence-electron chi connectivity index (χ2n) is 3.58. The lowest BCUT2D eigenvalue weighted by Crippen LogP contribution is -2.02. The molecule has 78 valence electrons. The summed E-state index contributed by atoms with van der Waals surface area (Å²) in [5.74, 6) is 0.755. The summed E-state index contributed by atoms with van der Waals surface area (Å²) in [6, 6.07) is 10.5. The van der Waals surface area contributed by atoms with Crippen LogP contribution >= 0.6 is 0 Å². The highest BCUT2D eigenvalue weighted by Gasteiger charge is 2.13. The molecule has 0 bridgehead atoms. The Morgan fingerprint density at radius 2 is 2.13 bits per heavy atom. The number of hydrogen-bond acceptors (Lipinski definition) is 2. The molecule has 0 unspecified atom stereocenters. The van der Waals surface area contributed by atoms with E-state index in [9.17, 15) is 0 Å². The normalized spacial score (nSPS) is 20.3. The molecule has 0 aliphatic carbocycles. The maximum Gasteiger partial charge on any atom is 0.209 e. The summed E-state index contributed by atoms with van der Waals surface area (Å²) in [7, 11) is 0. The average Bonchev–Trinajstić information content (AvgIpc) is 2.76. The molecule has 1 aromatic carbocycles. The summed E-state index contributed by atoms with van der Waals surface area (Å²) in [6.45, 7) is 2.85. The molecule has 2 nitrogen and oxygen atoms in total. The van der Waals surface area contributed by atoms with Gasteiger partial charge in [0.15, 0.2) is 0 Å². The van der Waals surface area contributed by atoms with Gasteiger partial charge in [0.25, 0.3) is 0 Å². The Kier molecular flexibility index (Phi) is 3.18. The standard InChI is InChI=1S/C13H15NO/c1-2-12-10-15-13(14-12)9-8-11-6-4-3-5-7-11/h3-9,12H,2,10H2,1H3/b9-8+/t12-/m1/s1. The van der Waals surface area contributed by atoms with Crippen LogP contribution in [0.4, 0.5) is 0 Å². The minimum absolute atomic E-state index is 0.348. The molecule has 0 saturated heterocycles. The first-order chi connectivity index (χ1) is 7.38. The third-order valence-electron chi connectivity index (χ3n) is 2.42. The summed E-state index contributed by atoms with van der Waals surface area (Å²) >= 11 is 0. The lowest BCUT2D eigenvalue weighted by molar-refractivity contribution is 0.316. The number of ether oxygens (including phenoxy) is 1. The highest BCUT2D eigenvalue weighted by Crippen LogP contribution is 2.10. The Labute approximate surface area is 90.3 Å². The third-order valence-corrected chi connectivity index (χ3v) is 2.42. The monoisotopic (exact) mass is 201 g/mol. The molecule has 1 aromatic rings. The van der Waals surface area contributed by atoms with E-state index in [2.05, 4.69) is 24.0 Å². The Bertz CT molecular complexity index is 367. The summed E-state index contributed by atoms with van der Waals surface area (Å²) in [6.07, 6.45) is 5.00. The van der Waals surface area contributed by atoms with Crippen molar-refractivity contribution < 1.29 is 4.74 Å². The van der Waals surface area contributed by atoms with E-state index in [0.717, 1.165) is 18.9 Å². The zero-order chi connectivity index (χ0) is 10.5. The van der Waals surface area contributed by atoms with Gasteiger partial charge in [-0.1, -0.05) is 37.3 Å². The van der Waals surface area contributed by atoms with E-state index in [1.165, 1.54) is 5.56 Å². The fourth-order valence-electron chi connectivity index (χ4n) is 1.47. The number of benzene rings is 1. The van der Waals surface area contributed by atoms with Crippen LogP contribution < -0.4 is 0 Å². The summed E-state index contributed by atoms with van der Waals surface area (Å²) < 4.78 is 5.44. The van der Waals surface area contributed by atoms with Crippen LogP contribution in [0, 0.1) is 0 Å². The predicted octanol–water partition coefficient (Wildman–Crippen LogP) is 2.91. The Morgan fingerprint density at radius 3 is 2.80 bits per heavy atom. The Balaban J connectivity index is 2.01. The quantitative estimate of drug-likeness (QED) is 0.736. The number of nitrogens with zero attached hydrogens (tertiary/aromatic N) is 1. The zero-order valence-electron chi connectivity index (χ0n) is 8.89. The van der Waals surface area contributed by atoms with Gasteiger partial charge in [-0.2, -0.15) is 0 Å². The summed E-state index contributed by atoms with van der Waals surface area (Å²) in [4.78, 5) is 4.43. The maximum atomic E-state index is 5.44. The van der Waals surface area contributed by atoms with Gasteiger partial charge in [-0.15, -0.1) is 0 Å². The molecule has 0 fully saturated rings. The molecule has 1 aliphatic heterocycles. The predicted molar refractivity (Wildman–Crippen MR) is 62.9 cm³/mol.